The van der Waals surface area contributed by atoms with Gasteiger partial charge in [0.15, 0.2) is 5.69 Å². The van der Waals surface area contributed by atoms with Crippen LogP contribution in [0.25, 0.3) is 0 Å². The van der Waals surface area contributed by atoms with Crippen LogP contribution in [0.4, 0.5) is 0 Å². The molecule has 2 N–H and O–H groups in total. The lowest BCUT2D eigenvalue weighted by Gasteiger charge is -2.44. The van der Waals surface area contributed by atoms with Crippen molar-refractivity contribution in [3.63, 3.8) is 0 Å². The predicted octanol–water partition coefficient (Wildman–Crippen LogP) is 2.67. The molecular formula is C19H30N4O. The molecule has 1 amide bonds. The van der Waals surface area contributed by atoms with Gasteiger partial charge in [0.25, 0.3) is 5.91 Å². The van der Waals surface area contributed by atoms with E-state index in [1.807, 2.05) is 0 Å². The number of H-pyrrole nitrogens is 1. The minimum absolute atomic E-state index is 0.0299. The van der Waals surface area contributed by atoms with E-state index in [0.29, 0.717) is 17.7 Å². The summed E-state index contributed by atoms with van der Waals surface area (Å²) in [6.07, 6.45) is 12.2. The number of nitrogens with zero attached hydrogens (tertiary/aromatic N) is 2. The van der Waals surface area contributed by atoms with E-state index >= 15 is 0 Å². The van der Waals surface area contributed by atoms with Crippen molar-refractivity contribution in [2.45, 2.75) is 70.3 Å². The number of amides is 1. The molecule has 2 aliphatic heterocycles. The molecule has 5 heteroatoms. The number of aromatic amines is 1. The lowest BCUT2D eigenvalue weighted by atomic mass is 9.83. The van der Waals surface area contributed by atoms with Gasteiger partial charge in [-0.3, -0.25) is 9.89 Å². The highest BCUT2D eigenvalue weighted by molar-refractivity contribution is 5.94. The Morgan fingerprint density at radius 3 is 2.92 bits per heavy atom. The molecule has 2 fully saturated rings. The third kappa shape index (κ3) is 3.23. The Morgan fingerprint density at radius 2 is 1.96 bits per heavy atom. The van der Waals surface area contributed by atoms with Gasteiger partial charge in [0.2, 0.25) is 0 Å². The lowest BCUT2D eigenvalue weighted by Crippen LogP contribution is -2.51. The van der Waals surface area contributed by atoms with Gasteiger partial charge in [-0.2, -0.15) is 5.10 Å². The third-order valence-corrected chi connectivity index (χ3v) is 6.27. The Kier molecular flexibility index (Phi) is 4.88. The average molecular weight is 330 g/mol. The maximum Gasteiger partial charge on any atom is 0.272 e. The highest BCUT2D eigenvalue weighted by Gasteiger charge is 2.33. The summed E-state index contributed by atoms with van der Waals surface area (Å²) in [6, 6.07) is 0.684. The first kappa shape index (κ1) is 16.1. The van der Waals surface area contributed by atoms with Crippen molar-refractivity contribution in [1.82, 2.24) is 20.4 Å². The number of carbonyl (C=O) groups is 1. The largest absolute Gasteiger partial charge is 0.350 e. The Morgan fingerprint density at radius 1 is 1.08 bits per heavy atom. The number of hydrogen-bond donors (Lipinski definition) is 2. The molecular weight excluding hydrogens is 300 g/mol. The standard InChI is InChI=1S/C19H30N4O/c24-19(18-15-8-2-1-3-9-16(15)21-22-18)20-13-14-7-6-12-23-11-5-4-10-17(14)23/h14,17H,1-13H2,(H,20,24)(H,21,22)/t14-,17?/m0/s1. The molecule has 2 saturated heterocycles. The number of hydrogen-bond acceptors (Lipinski definition) is 3. The number of carbonyl (C=O) groups excluding carboxylic acids is 1. The second kappa shape index (κ2) is 7.26. The van der Waals surface area contributed by atoms with E-state index in [-0.39, 0.29) is 5.91 Å². The van der Waals surface area contributed by atoms with Gasteiger partial charge in [-0.15, -0.1) is 0 Å². The number of aryl methyl sites for hydroxylation is 1. The molecule has 24 heavy (non-hydrogen) atoms. The summed E-state index contributed by atoms with van der Waals surface area (Å²) in [4.78, 5) is 15.3. The van der Waals surface area contributed by atoms with Gasteiger partial charge in [0, 0.05) is 23.8 Å². The van der Waals surface area contributed by atoms with E-state index < -0.39 is 0 Å². The maximum atomic E-state index is 12.7. The maximum absolute atomic E-state index is 12.7. The van der Waals surface area contributed by atoms with Crippen LogP contribution in [0, 0.1) is 5.92 Å². The zero-order chi connectivity index (χ0) is 16.4. The quantitative estimate of drug-likeness (QED) is 0.838. The van der Waals surface area contributed by atoms with Gasteiger partial charge in [-0.25, -0.2) is 0 Å². The van der Waals surface area contributed by atoms with Crippen LogP contribution >= 0.6 is 0 Å². The Bertz CT molecular complexity index is 580. The van der Waals surface area contributed by atoms with E-state index in [9.17, 15) is 4.79 Å². The molecule has 4 rings (SSSR count). The molecule has 1 aromatic heterocycles. The van der Waals surface area contributed by atoms with Crippen LogP contribution in [0.1, 0.15) is 73.1 Å². The summed E-state index contributed by atoms with van der Waals surface area (Å²) < 4.78 is 0. The fourth-order valence-corrected chi connectivity index (χ4v) is 4.97. The van der Waals surface area contributed by atoms with Crippen molar-refractivity contribution in [2.24, 2.45) is 5.92 Å². The topological polar surface area (TPSA) is 61.0 Å². The molecule has 132 valence electrons. The smallest absolute Gasteiger partial charge is 0.272 e. The van der Waals surface area contributed by atoms with Crippen LogP contribution in [0.3, 0.4) is 0 Å². The molecule has 0 saturated carbocycles. The molecule has 0 aromatic carbocycles. The normalized spacial score (nSPS) is 27.8. The highest BCUT2D eigenvalue weighted by Crippen LogP contribution is 2.30. The second-order valence-corrected chi connectivity index (χ2v) is 7.80. The first-order valence-electron chi connectivity index (χ1n) is 9.91. The van der Waals surface area contributed by atoms with Crippen LogP contribution in [-0.4, -0.2) is 46.7 Å². The summed E-state index contributed by atoms with van der Waals surface area (Å²) in [5, 5.41) is 10.7. The van der Waals surface area contributed by atoms with Crippen LogP contribution in [0.2, 0.25) is 0 Å². The van der Waals surface area contributed by atoms with Crippen LogP contribution in [-0.2, 0) is 12.8 Å². The van der Waals surface area contributed by atoms with Crippen LogP contribution in [0.5, 0.6) is 0 Å². The van der Waals surface area contributed by atoms with E-state index in [0.717, 1.165) is 19.4 Å². The fraction of sp³-hybridized carbons (Fsp3) is 0.789. The summed E-state index contributed by atoms with van der Waals surface area (Å²) in [5.74, 6) is 0.642. The Hall–Kier alpha value is -1.36. The molecule has 0 spiro atoms. The number of fused-ring (bicyclic) bond motifs is 2. The predicted molar refractivity (Wildman–Crippen MR) is 94.1 cm³/mol. The van der Waals surface area contributed by atoms with E-state index in [1.165, 1.54) is 75.7 Å². The summed E-state index contributed by atoms with van der Waals surface area (Å²) in [6.45, 7) is 3.31. The lowest BCUT2D eigenvalue weighted by molar-refractivity contribution is 0.0575. The van der Waals surface area contributed by atoms with Crippen LogP contribution in [0.15, 0.2) is 0 Å². The second-order valence-electron chi connectivity index (χ2n) is 7.80. The van der Waals surface area contributed by atoms with Crippen molar-refractivity contribution in [2.75, 3.05) is 19.6 Å². The molecule has 1 unspecified atom stereocenters. The van der Waals surface area contributed by atoms with E-state index in [4.69, 9.17) is 0 Å². The molecule has 3 heterocycles. The van der Waals surface area contributed by atoms with Crippen LogP contribution < -0.4 is 5.32 Å². The van der Waals surface area contributed by atoms with Crippen molar-refractivity contribution in [3.8, 4) is 0 Å². The Balaban J connectivity index is 1.39. The van der Waals surface area contributed by atoms with Gasteiger partial charge < -0.3 is 10.2 Å². The molecule has 1 aromatic rings. The zero-order valence-corrected chi connectivity index (χ0v) is 14.6. The van der Waals surface area contributed by atoms with Crippen molar-refractivity contribution in [1.29, 1.82) is 0 Å². The molecule has 2 atom stereocenters. The fourth-order valence-electron chi connectivity index (χ4n) is 4.97. The minimum atomic E-state index is 0.0299. The number of aromatic nitrogens is 2. The van der Waals surface area contributed by atoms with Gasteiger partial charge in [-0.05, 0) is 70.4 Å². The monoisotopic (exact) mass is 330 g/mol. The van der Waals surface area contributed by atoms with Gasteiger partial charge in [-0.1, -0.05) is 12.8 Å². The summed E-state index contributed by atoms with van der Waals surface area (Å²) in [5.41, 5.74) is 3.02. The van der Waals surface area contributed by atoms with Crippen molar-refractivity contribution < 1.29 is 4.79 Å². The number of piperidine rings is 2. The highest BCUT2D eigenvalue weighted by atomic mass is 16.1. The minimum Gasteiger partial charge on any atom is -0.350 e. The third-order valence-electron chi connectivity index (χ3n) is 6.27. The van der Waals surface area contributed by atoms with Gasteiger partial charge in [0.1, 0.15) is 0 Å². The van der Waals surface area contributed by atoms with Gasteiger partial charge in [0.05, 0.1) is 0 Å². The van der Waals surface area contributed by atoms with E-state index in [1.54, 1.807) is 0 Å². The number of nitrogens with one attached hydrogen (secondary N) is 2. The first-order chi connectivity index (χ1) is 11.8. The Labute approximate surface area is 144 Å². The molecule has 0 bridgehead atoms. The molecule has 3 aliphatic rings. The van der Waals surface area contributed by atoms with E-state index in [2.05, 4.69) is 20.4 Å². The SMILES string of the molecule is O=C(NC[C@@H]1CCCN2CCCCC12)c1n[nH]c2c1CCCCC2. The van der Waals surface area contributed by atoms with Crippen molar-refractivity contribution in [3.05, 3.63) is 17.0 Å². The summed E-state index contributed by atoms with van der Waals surface area (Å²) in [7, 11) is 0. The molecule has 0 radical (unpaired) electrons. The van der Waals surface area contributed by atoms with Gasteiger partial charge >= 0.3 is 0 Å². The molecule has 5 nitrogen and oxygen atoms in total. The van der Waals surface area contributed by atoms with Crippen molar-refractivity contribution >= 4 is 5.91 Å². The first-order valence-corrected chi connectivity index (χ1v) is 9.91. The number of rotatable bonds is 3. The zero-order valence-electron chi connectivity index (χ0n) is 14.6. The summed E-state index contributed by atoms with van der Waals surface area (Å²) >= 11 is 0. The molecule has 1 aliphatic carbocycles. The average Bonchev–Trinajstić information content (AvgIpc) is 2.88.